The maximum absolute atomic E-state index is 5.48. The highest BCUT2D eigenvalue weighted by molar-refractivity contribution is 7.71. The zero-order chi connectivity index (χ0) is 13.6. The van der Waals surface area contributed by atoms with Crippen LogP contribution in [0.25, 0.3) is 11.0 Å². The third-order valence-corrected chi connectivity index (χ3v) is 4.77. The van der Waals surface area contributed by atoms with Crippen molar-refractivity contribution in [3.05, 3.63) is 44.6 Å². The molecule has 98 valence electrons. The number of H-pyrrole nitrogens is 1. The van der Waals surface area contributed by atoms with Crippen molar-refractivity contribution in [3.63, 3.8) is 0 Å². The lowest BCUT2D eigenvalue weighted by Crippen LogP contribution is -2.06. The van der Waals surface area contributed by atoms with E-state index < -0.39 is 0 Å². The molecule has 0 aliphatic rings. The fourth-order valence-corrected chi connectivity index (χ4v) is 3.55. The standard InChI is InChI=1S/C14H15N3S2/c1-8-5-4-6-11-12(8)16-14(18)17(11)10(3)13-15-9(2)7-19-13/h4-7,10H,1-3H3,(H,16,18). The van der Waals surface area contributed by atoms with E-state index in [0.717, 1.165) is 26.5 Å². The van der Waals surface area contributed by atoms with E-state index in [0.29, 0.717) is 0 Å². The van der Waals surface area contributed by atoms with Crippen LogP contribution in [0.15, 0.2) is 23.6 Å². The number of hydrogen-bond acceptors (Lipinski definition) is 3. The highest BCUT2D eigenvalue weighted by Gasteiger charge is 2.16. The van der Waals surface area contributed by atoms with E-state index in [9.17, 15) is 0 Å². The third-order valence-electron chi connectivity index (χ3n) is 3.34. The number of aromatic nitrogens is 3. The molecule has 0 amide bonds. The van der Waals surface area contributed by atoms with Gasteiger partial charge < -0.3 is 9.55 Å². The van der Waals surface area contributed by atoms with Crippen LogP contribution in [-0.4, -0.2) is 14.5 Å². The van der Waals surface area contributed by atoms with Gasteiger partial charge in [0.25, 0.3) is 0 Å². The Morgan fingerprint density at radius 3 is 2.84 bits per heavy atom. The van der Waals surface area contributed by atoms with E-state index >= 15 is 0 Å². The average molecular weight is 289 g/mol. The zero-order valence-corrected chi connectivity index (χ0v) is 12.7. The highest BCUT2D eigenvalue weighted by Crippen LogP contribution is 2.27. The molecule has 1 atom stereocenters. The molecular formula is C14H15N3S2. The summed E-state index contributed by atoms with van der Waals surface area (Å²) in [7, 11) is 0. The predicted octanol–water partition coefficient (Wildman–Crippen LogP) is 4.38. The molecule has 1 unspecified atom stereocenters. The van der Waals surface area contributed by atoms with E-state index in [2.05, 4.69) is 52.0 Å². The molecule has 0 fully saturated rings. The molecule has 0 saturated heterocycles. The number of rotatable bonds is 2. The summed E-state index contributed by atoms with van der Waals surface area (Å²) < 4.78 is 2.90. The maximum atomic E-state index is 5.48. The molecule has 0 spiro atoms. The van der Waals surface area contributed by atoms with Gasteiger partial charge in [0.05, 0.1) is 17.1 Å². The van der Waals surface area contributed by atoms with Gasteiger partial charge in [-0.25, -0.2) is 4.98 Å². The van der Waals surface area contributed by atoms with Crippen LogP contribution in [0.1, 0.15) is 29.2 Å². The number of imidazole rings is 1. The molecule has 1 N–H and O–H groups in total. The van der Waals surface area contributed by atoms with Gasteiger partial charge in [-0.3, -0.25) is 0 Å². The van der Waals surface area contributed by atoms with Crippen LogP contribution >= 0.6 is 23.6 Å². The molecule has 0 aliphatic carbocycles. The Hall–Kier alpha value is -1.46. The van der Waals surface area contributed by atoms with E-state index in [4.69, 9.17) is 12.2 Å². The van der Waals surface area contributed by atoms with Gasteiger partial charge in [-0.15, -0.1) is 11.3 Å². The highest BCUT2D eigenvalue weighted by atomic mass is 32.1. The summed E-state index contributed by atoms with van der Waals surface area (Å²) in [6, 6.07) is 6.42. The van der Waals surface area contributed by atoms with Crippen LogP contribution in [-0.2, 0) is 0 Å². The van der Waals surface area contributed by atoms with Crippen molar-refractivity contribution in [1.29, 1.82) is 0 Å². The van der Waals surface area contributed by atoms with E-state index in [1.54, 1.807) is 11.3 Å². The van der Waals surface area contributed by atoms with Crippen molar-refractivity contribution in [1.82, 2.24) is 14.5 Å². The zero-order valence-electron chi connectivity index (χ0n) is 11.1. The number of hydrogen-bond donors (Lipinski definition) is 1. The van der Waals surface area contributed by atoms with Gasteiger partial charge in [0, 0.05) is 11.1 Å². The van der Waals surface area contributed by atoms with Crippen LogP contribution in [0.2, 0.25) is 0 Å². The molecule has 19 heavy (non-hydrogen) atoms. The summed E-state index contributed by atoms with van der Waals surface area (Å²) in [4.78, 5) is 7.88. The average Bonchev–Trinajstić information content (AvgIpc) is 2.93. The molecule has 3 rings (SSSR count). The molecule has 2 aromatic heterocycles. The number of para-hydroxylation sites is 1. The topological polar surface area (TPSA) is 33.6 Å². The molecule has 0 radical (unpaired) electrons. The Kier molecular flexibility index (Phi) is 3.03. The van der Waals surface area contributed by atoms with Crippen LogP contribution < -0.4 is 0 Å². The lowest BCUT2D eigenvalue weighted by Gasteiger charge is -2.11. The first kappa shape index (κ1) is 12.6. The third kappa shape index (κ3) is 2.03. The first-order valence-electron chi connectivity index (χ1n) is 6.20. The van der Waals surface area contributed by atoms with Gasteiger partial charge in [0.1, 0.15) is 5.01 Å². The largest absolute Gasteiger partial charge is 0.330 e. The minimum atomic E-state index is 0.154. The van der Waals surface area contributed by atoms with Crippen molar-refractivity contribution in [2.24, 2.45) is 0 Å². The minimum Gasteiger partial charge on any atom is -0.330 e. The Morgan fingerprint density at radius 1 is 1.37 bits per heavy atom. The van der Waals surface area contributed by atoms with Crippen molar-refractivity contribution in [2.75, 3.05) is 0 Å². The monoisotopic (exact) mass is 289 g/mol. The molecule has 5 heteroatoms. The molecule has 0 bridgehead atoms. The summed E-state index contributed by atoms with van der Waals surface area (Å²) in [5, 5.41) is 3.17. The summed E-state index contributed by atoms with van der Waals surface area (Å²) in [6.45, 7) is 6.26. The fraction of sp³-hybridized carbons (Fsp3) is 0.286. The van der Waals surface area contributed by atoms with E-state index in [1.807, 2.05) is 6.92 Å². The van der Waals surface area contributed by atoms with Gasteiger partial charge in [0.2, 0.25) is 0 Å². The normalized spacial score (nSPS) is 13.0. The maximum Gasteiger partial charge on any atom is 0.178 e. The van der Waals surface area contributed by atoms with Crippen LogP contribution in [0.4, 0.5) is 0 Å². The lowest BCUT2D eigenvalue weighted by molar-refractivity contribution is 0.643. The fourth-order valence-electron chi connectivity index (χ4n) is 2.35. The Labute approximate surface area is 120 Å². The predicted molar refractivity (Wildman–Crippen MR) is 82.5 cm³/mol. The van der Waals surface area contributed by atoms with E-state index in [-0.39, 0.29) is 6.04 Å². The van der Waals surface area contributed by atoms with E-state index in [1.165, 1.54) is 5.56 Å². The SMILES string of the molecule is Cc1csc(C(C)n2c(=S)[nH]c3c(C)cccc32)n1. The number of fused-ring (bicyclic) bond motifs is 1. The first-order chi connectivity index (χ1) is 9.08. The summed E-state index contributed by atoms with van der Waals surface area (Å²) in [5.74, 6) is 0. The van der Waals surface area contributed by atoms with Crippen molar-refractivity contribution in [2.45, 2.75) is 26.8 Å². The Morgan fingerprint density at radius 2 is 2.16 bits per heavy atom. The Balaban J connectivity index is 2.23. The molecule has 3 nitrogen and oxygen atoms in total. The smallest absolute Gasteiger partial charge is 0.178 e. The second kappa shape index (κ2) is 4.58. The molecule has 1 aromatic carbocycles. The number of benzene rings is 1. The van der Waals surface area contributed by atoms with Crippen molar-refractivity contribution in [3.8, 4) is 0 Å². The second-order valence-electron chi connectivity index (χ2n) is 4.77. The first-order valence-corrected chi connectivity index (χ1v) is 7.48. The molecule has 0 saturated carbocycles. The van der Waals surface area contributed by atoms with Gasteiger partial charge in [-0.05, 0) is 44.6 Å². The quantitative estimate of drug-likeness (QED) is 0.710. The van der Waals surface area contributed by atoms with Gasteiger partial charge in [-0.1, -0.05) is 12.1 Å². The summed E-state index contributed by atoms with van der Waals surface area (Å²) >= 11 is 7.17. The van der Waals surface area contributed by atoms with Crippen molar-refractivity contribution >= 4 is 34.6 Å². The number of nitrogens with one attached hydrogen (secondary N) is 1. The molecule has 2 heterocycles. The van der Waals surface area contributed by atoms with Crippen LogP contribution in [0.5, 0.6) is 0 Å². The summed E-state index contributed by atoms with van der Waals surface area (Å²) in [5.41, 5.74) is 4.54. The van der Waals surface area contributed by atoms with Gasteiger partial charge in [-0.2, -0.15) is 0 Å². The molecule has 0 aliphatic heterocycles. The number of aromatic amines is 1. The van der Waals surface area contributed by atoms with Crippen molar-refractivity contribution < 1.29 is 0 Å². The number of nitrogens with zero attached hydrogens (tertiary/aromatic N) is 2. The minimum absolute atomic E-state index is 0.154. The molecule has 3 aromatic rings. The second-order valence-corrected chi connectivity index (χ2v) is 6.05. The van der Waals surface area contributed by atoms with Crippen LogP contribution in [0.3, 0.4) is 0 Å². The number of thiazole rings is 1. The van der Waals surface area contributed by atoms with Crippen LogP contribution in [0, 0.1) is 18.6 Å². The lowest BCUT2D eigenvalue weighted by atomic mass is 10.2. The molecular weight excluding hydrogens is 274 g/mol. The summed E-state index contributed by atoms with van der Waals surface area (Å²) in [6.07, 6.45) is 0. The van der Waals surface area contributed by atoms with Gasteiger partial charge >= 0.3 is 0 Å². The number of aryl methyl sites for hydroxylation is 2. The van der Waals surface area contributed by atoms with Gasteiger partial charge in [0.15, 0.2) is 4.77 Å². The Bertz CT molecular complexity index is 794.